The summed E-state index contributed by atoms with van der Waals surface area (Å²) in [5, 5.41) is 11.8. The Labute approximate surface area is 132 Å². The molecule has 0 aliphatic heterocycles. The van der Waals surface area contributed by atoms with Gasteiger partial charge in [-0.3, -0.25) is 4.79 Å². The zero-order valence-corrected chi connectivity index (χ0v) is 12.7. The van der Waals surface area contributed by atoms with Crippen molar-refractivity contribution in [2.24, 2.45) is 0 Å². The predicted octanol–water partition coefficient (Wildman–Crippen LogP) is 2.69. The van der Waals surface area contributed by atoms with Gasteiger partial charge in [-0.2, -0.15) is 0 Å². The number of anilines is 1. The van der Waals surface area contributed by atoms with Gasteiger partial charge < -0.3 is 10.4 Å². The van der Waals surface area contributed by atoms with Crippen molar-refractivity contribution < 1.29 is 14.7 Å². The standard InChI is InChI=1S/C12H7ClIN3O3/c13-7-5-6(1-2-8(7)14)11(18)17-10-9(12(19)20)15-3-4-16-10/h1-5H,(H,19,20)(H,16,17,18). The predicted molar refractivity (Wildman–Crippen MR) is 81.1 cm³/mol. The Kier molecular flexibility index (Phi) is 4.50. The first-order valence-corrected chi connectivity index (χ1v) is 6.75. The van der Waals surface area contributed by atoms with Crippen LogP contribution in [0.5, 0.6) is 0 Å². The van der Waals surface area contributed by atoms with Crippen LogP contribution in [0.25, 0.3) is 0 Å². The van der Waals surface area contributed by atoms with Crippen molar-refractivity contribution in [3.05, 3.63) is 50.4 Å². The molecule has 2 rings (SSSR count). The molecule has 102 valence electrons. The van der Waals surface area contributed by atoms with Gasteiger partial charge in [-0.1, -0.05) is 11.6 Å². The number of nitrogens with one attached hydrogen (secondary N) is 1. The van der Waals surface area contributed by atoms with Crippen molar-refractivity contribution >= 4 is 51.9 Å². The lowest BCUT2D eigenvalue weighted by Gasteiger charge is -2.07. The van der Waals surface area contributed by atoms with Gasteiger partial charge in [0.25, 0.3) is 5.91 Å². The lowest BCUT2D eigenvalue weighted by atomic mass is 10.2. The topological polar surface area (TPSA) is 92.2 Å². The summed E-state index contributed by atoms with van der Waals surface area (Å²) in [5.41, 5.74) is -0.0186. The van der Waals surface area contributed by atoms with Crippen LogP contribution in [-0.2, 0) is 0 Å². The van der Waals surface area contributed by atoms with Gasteiger partial charge in [0.2, 0.25) is 0 Å². The molecule has 1 aromatic carbocycles. The molecule has 0 radical (unpaired) electrons. The van der Waals surface area contributed by atoms with Crippen molar-refractivity contribution in [2.75, 3.05) is 5.32 Å². The molecule has 0 unspecified atom stereocenters. The number of nitrogens with zero attached hydrogens (tertiary/aromatic N) is 2. The van der Waals surface area contributed by atoms with Crippen LogP contribution in [0.1, 0.15) is 20.8 Å². The van der Waals surface area contributed by atoms with E-state index in [0.29, 0.717) is 10.6 Å². The number of carboxylic acid groups (broad SMARTS) is 1. The molecule has 8 heteroatoms. The highest BCUT2D eigenvalue weighted by atomic mass is 127. The zero-order chi connectivity index (χ0) is 14.7. The average molecular weight is 404 g/mol. The molecule has 2 N–H and O–H groups in total. The van der Waals surface area contributed by atoms with E-state index in [0.717, 1.165) is 3.57 Å². The second kappa shape index (κ2) is 6.14. The molecule has 0 saturated carbocycles. The molecule has 0 bridgehead atoms. The minimum atomic E-state index is -1.27. The largest absolute Gasteiger partial charge is 0.476 e. The summed E-state index contributed by atoms with van der Waals surface area (Å²) < 4.78 is 0.812. The smallest absolute Gasteiger partial charge is 0.358 e. The Bertz CT molecular complexity index is 693. The van der Waals surface area contributed by atoms with Gasteiger partial charge in [-0.15, -0.1) is 0 Å². The Morgan fingerprint density at radius 2 is 1.95 bits per heavy atom. The van der Waals surface area contributed by atoms with Crippen LogP contribution in [0.15, 0.2) is 30.6 Å². The van der Waals surface area contributed by atoms with Crippen LogP contribution in [0.4, 0.5) is 5.82 Å². The summed E-state index contributed by atoms with van der Waals surface area (Å²) in [4.78, 5) is 30.4. The zero-order valence-electron chi connectivity index (χ0n) is 9.80. The number of benzene rings is 1. The van der Waals surface area contributed by atoms with Gasteiger partial charge in [0.1, 0.15) is 0 Å². The number of carbonyl (C=O) groups excluding carboxylic acids is 1. The van der Waals surface area contributed by atoms with Crippen LogP contribution in [0.3, 0.4) is 0 Å². The average Bonchev–Trinajstić information content (AvgIpc) is 2.42. The molecule has 0 spiro atoms. The first kappa shape index (κ1) is 14.7. The first-order chi connectivity index (χ1) is 9.49. The van der Waals surface area contributed by atoms with E-state index in [-0.39, 0.29) is 11.5 Å². The second-order valence-electron chi connectivity index (χ2n) is 3.64. The molecular weight excluding hydrogens is 397 g/mol. The highest BCUT2D eigenvalue weighted by Crippen LogP contribution is 2.20. The lowest BCUT2D eigenvalue weighted by Crippen LogP contribution is -2.17. The monoisotopic (exact) mass is 403 g/mol. The summed E-state index contributed by atoms with van der Waals surface area (Å²) in [5.74, 6) is -1.89. The van der Waals surface area contributed by atoms with Crippen molar-refractivity contribution in [3.63, 3.8) is 0 Å². The Hall–Kier alpha value is -1.74. The molecule has 20 heavy (non-hydrogen) atoms. The molecule has 1 amide bonds. The fourth-order valence-corrected chi connectivity index (χ4v) is 1.92. The number of hydrogen-bond acceptors (Lipinski definition) is 4. The van der Waals surface area contributed by atoms with Gasteiger partial charge in [0.05, 0.1) is 5.02 Å². The molecule has 0 atom stereocenters. The third kappa shape index (κ3) is 3.23. The molecule has 0 aliphatic rings. The molecule has 2 aromatic rings. The Morgan fingerprint density at radius 1 is 1.25 bits per heavy atom. The molecule has 1 aromatic heterocycles. The SMILES string of the molecule is O=C(Nc1nccnc1C(=O)O)c1ccc(I)c(Cl)c1. The van der Waals surface area contributed by atoms with Gasteiger partial charge in [0.15, 0.2) is 11.5 Å². The number of hydrogen-bond donors (Lipinski definition) is 2. The molecular formula is C12H7ClIN3O3. The number of aromatic nitrogens is 2. The van der Waals surface area contributed by atoms with E-state index in [1.807, 2.05) is 22.6 Å². The fraction of sp³-hybridized carbons (Fsp3) is 0. The van der Waals surface area contributed by atoms with Crippen molar-refractivity contribution in [1.82, 2.24) is 9.97 Å². The summed E-state index contributed by atoms with van der Waals surface area (Å²) in [6.07, 6.45) is 2.53. The molecule has 1 heterocycles. The maximum absolute atomic E-state index is 12.0. The normalized spacial score (nSPS) is 10.1. The maximum atomic E-state index is 12.0. The number of aromatic carboxylic acids is 1. The van der Waals surface area contributed by atoms with Crippen LogP contribution in [-0.4, -0.2) is 27.0 Å². The number of halogens is 2. The van der Waals surface area contributed by atoms with Crippen molar-refractivity contribution in [2.45, 2.75) is 0 Å². The maximum Gasteiger partial charge on any atom is 0.358 e. The van der Waals surface area contributed by atoms with E-state index in [1.165, 1.54) is 18.5 Å². The molecule has 0 aliphatic carbocycles. The van der Waals surface area contributed by atoms with Crippen molar-refractivity contribution in [3.8, 4) is 0 Å². The molecule has 0 saturated heterocycles. The van der Waals surface area contributed by atoms with E-state index in [4.69, 9.17) is 16.7 Å². The fourth-order valence-electron chi connectivity index (χ4n) is 1.40. The summed E-state index contributed by atoms with van der Waals surface area (Å²) in [7, 11) is 0. The van der Waals surface area contributed by atoms with E-state index >= 15 is 0 Å². The van der Waals surface area contributed by atoms with Gasteiger partial charge >= 0.3 is 5.97 Å². The van der Waals surface area contributed by atoms with E-state index in [9.17, 15) is 9.59 Å². The lowest BCUT2D eigenvalue weighted by molar-refractivity contribution is 0.0691. The Balaban J connectivity index is 2.28. The van der Waals surface area contributed by atoms with Gasteiger partial charge in [-0.25, -0.2) is 14.8 Å². The summed E-state index contributed by atoms with van der Waals surface area (Å²) >= 11 is 7.97. The van der Waals surface area contributed by atoms with E-state index in [1.54, 1.807) is 12.1 Å². The highest BCUT2D eigenvalue weighted by Gasteiger charge is 2.16. The Morgan fingerprint density at radius 3 is 2.60 bits per heavy atom. The second-order valence-corrected chi connectivity index (χ2v) is 5.21. The molecule has 0 fully saturated rings. The van der Waals surface area contributed by atoms with Crippen LogP contribution >= 0.6 is 34.2 Å². The summed E-state index contributed by atoms with van der Waals surface area (Å²) in [6.45, 7) is 0. The van der Waals surface area contributed by atoms with E-state index < -0.39 is 11.9 Å². The van der Waals surface area contributed by atoms with Crippen molar-refractivity contribution in [1.29, 1.82) is 0 Å². The first-order valence-electron chi connectivity index (χ1n) is 5.29. The highest BCUT2D eigenvalue weighted by molar-refractivity contribution is 14.1. The van der Waals surface area contributed by atoms with E-state index in [2.05, 4.69) is 15.3 Å². The quantitative estimate of drug-likeness (QED) is 0.769. The number of carboxylic acids is 1. The summed E-state index contributed by atoms with van der Waals surface area (Å²) in [6, 6.07) is 4.77. The van der Waals surface area contributed by atoms with Gasteiger partial charge in [0, 0.05) is 21.5 Å². The van der Waals surface area contributed by atoms with Crippen LogP contribution in [0.2, 0.25) is 5.02 Å². The number of amides is 1. The minimum Gasteiger partial charge on any atom is -0.476 e. The van der Waals surface area contributed by atoms with Gasteiger partial charge in [-0.05, 0) is 40.8 Å². The van der Waals surface area contributed by atoms with Crippen LogP contribution < -0.4 is 5.32 Å². The number of carbonyl (C=O) groups is 2. The minimum absolute atomic E-state index is 0.111. The molecule has 6 nitrogen and oxygen atoms in total. The third-order valence-corrected chi connectivity index (χ3v) is 3.89. The number of rotatable bonds is 3. The van der Waals surface area contributed by atoms with Crippen LogP contribution in [0, 0.1) is 3.57 Å². The third-order valence-electron chi connectivity index (χ3n) is 2.31.